The predicted molar refractivity (Wildman–Crippen MR) is 73.0 cm³/mol. The number of sulfone groups is 1. The Hall–Kier alpha value is -1.63. The number of nitrogens with one attached hydrogen (secondary N) is 1. The fraction of sp³-hybridized carbons (Fsp3) is 0.500. The zero-order chi connectivity index (χ0) is 13.5. The van der Waals surface area contributed by atoms with Gasteiger partial charge >= 0.3 is 0 Å². The van der Waals surface area contributed by atoms with Crippen molar-refractivity contribution in [3.8, 4) is 0 Å². The molecular formula is C12H16N4O2S. The Morgan fingerprint density at radius 2 is 2.26 bits per heavy atom. The number of anilines is 1. The summed E-state index contributed by atoms with van der Waals surface area (Å²) < 4.78 is 24.9. The van der Waals surface area contributed by atoms with Crippen molar-refractivity contribution in [2.24, 2.45) is 0 Å². The molecule has 1 N–H and O–H groups in total. The quantitative estimate of drug-likeness (QED) is 0.889. The minimum absolute atomic E-state index is 0.0859. The molecule has 1 unspecified atom stereocenters. The van der Waals surface area contributed by atoms with Crippen molar-refractivity contribution >= 4 is 21.4 Å². The minimum atomic E-state index is -2.91. The molecule has 6 nitrogen and oxygen atoms in total. The van der Waals surface area contributed by atoms with Crippen molar-refractivity contribution in [3.05, 3.63) is 23.9 Å². The third-order valence-corrected chi connectivity index (χ3v) is 5.10. The highest BCUT2D eigenvalue weighted by Crippen LogP contribution is 2.16. The van der Waals surface area contributed by atoms with E-state index in [1.807, 2.05) is 25.3 Å². The number of rotatable bonds is 2. The monoisotopic (exact) mass is 280 g/mol. The molecule has 0 radical (unpaired) electrons. The number of pyridine rings is 1. The normalized spacial score (nSPS) is 22.5. The van der Waals surface area contributed by atoms with E-state index in [2.05, 4.69) is 15.4 Å². The van der Waals surface area contributed by atoms with Crippen molar-refractivity contribution in [3.63, 3.8) is 0 Å². The number of nitrogens with zero attached hydrogens (tertiary/aromatic N) is 3. The van der Waals surface area contributed by atoms with E-state index in [0.717, 1.165) is 17.6 Å². The first-order chi connectivity index (χ1) is 9.02. The summed E-state index contributed by atoms with van der Waals surface area (Å²) in [6, 6.07) is 3.78. The lowest BCUT2D eigenvalue weighted by Gasteiger charge is -2.22. The van der Waals surface area contributed by atoms with Crippen LogP contribution < -0.4 is 5.32 Å². The minimum Gasteiger partial charge on any atom is -0.349 e. The summed E-state index contributed by atoms with van der Waals surface area (Å²) in [6.45, 7) is 1.99. The van der Waals surface area contributed by atoms with Gasteiger partial charge in [0.1, 0.15) is 0 Å². The van der Waals surface area contributed by atoms with Gasteiger partial charge < -0.3 is 5.32 Å². The van der Waals surface area contributed by atoms with E-state index in [4.69, 9.17) is 0 Å². The van der Waals surface area contributed by atoms with Gasteiger partial charge in [-0.3, -0.25) is 0 Å². The molecule has 3 rings (SSSR count). The van der Waals surface area contributed by atoms with Gasteiger partial charge in [0.2, 0.25) is 5.95 Å². The average Bonchev–Trinajstić information content (AvgIpc) is 2.68. The van der Waals surface area contributed by atoms with Crippen LogP contribution in [-0.4, -0.2) is 40.6 Å². The first kappa shape index (κ1) is 12.4. The van der Waals surface area contributed by atoms with Gasteiger partial charge in [-0.1, -0.05) is 6.07 Å². The van der Waals surface area contributed by atoms with Gasteiger partial charge in [-0.15, -0.1) is 5.10 Å². The Bertz CT molecular complexity index is 708. The second-order valence-electron chi connectivity index (χ2n) is 5.04. The fourth-order valence-electron chi connectivity index (χ4n) is 2.37. The second-order valence-corrected chi connectivity index (χ2v) is 7.27. The predicted octanol–water partition coefficient (Wildman–Crippen LogP) is 1.03. The van der Waals surface area contributed by atoms with Gasteiger partial charge in [-0.25, -0.2) is 12.9 Å². The van der Waals surface area contributed by atoms with E-state index in [0.29, 0.717) is 18.1 Å². The van der Waals surface area contributed by atoms with Gasteiger partial charge in [0.05, 0.1) is 11.5 Å². The molecule has 0 bridgehead atoms. The summed E-state index contributed by atoms with van der Waals surface area (Å²) in [6.07, 6.45) is 3.44. The Morgan fingerprint density at radius 3 is 3.05 bits per heavy atom. The highest BCUT2D eigenvalue weighted by atomic mass is 32.2. The van der Waals surface area contributed by atoms with Crippen molar-refractivity contribution in [2.75, 3.05) is 16.8 Å². The maximum absolute atomic E-state index is 11.6. The molecule has 19 heavy (non-hydrogen) atoms. The SMILES string of the molecule is Cc1ccc2nc(NC3CCCS(=O)(=O)C3)nn2c1. The molecule has 1 fully saturated rings. The van der Waals surface area contributed by atoms with Crippen LogP contribution in [0.3, 0.4) is 0 Å². The molecule has 102 valence electrons. The molecule has 1 aliphatic heterocycles. The summed E-state index contributed by atoms with van der Waals surface area (Å²) in [4.78, 5) is 4.34. The molecule has 0 aromatic carbocycles. The standard InChI is InChI=1S/C12H16N4O2S/c1-9-4-5-11-14-12(15-16(11)7-9)13-10-3-2-6-19(17,18)8-10/h4-5,7,10H,2-3,6,8H2,1H3,(H,13,15). The van der Waals surface area contributed by atoms with Crippen LogP contribution in [0, 0.1) is 6.92 Å². The lowest BCUT2D eigenvalue weighted by molar-refractivity contribution is 0.561. The van der Waals surface area contributed by atoms with Crippen LogP contribution in [0.2, 0.25) is 0 Å². The van der Waals surface area contributed by atoms with Crippen molar-refractivity contribution in [1.82, 2.24) is 14.6 Å². The van der Waals surface area contributed by atoms with Crippen LogP contribution in [0.15, 0.2) is 18.3 Å². The maximum atomic E-state index is 11.6. The van der Waals surface area contributed by atoms with Crippen LogP contribution in [0.1, 0.15) is 18.4 Å². The lowest BCUT2D eigenvalue weighted by Crippen LogP contribution is -2.35. The van der Waals surface area contributed by atoms with E-state index in [1.165, 1.54) is 0 Å². The molecule has 0 saturated carbocycles. The van der Waals surface area contributed by atoms with Crippen LogP contribution in [0.4, 0.5) is 5.95 Å². The number of aromatic nitrogens is 3. The van der Waals surface area contributed by atoms with Crippen LogP contribution in [0.25, 0.3) is 5.65 Å². The van der Waals surface area contributed by atoms with E-state index in [-0.39, 0.29) is 11.8 Å². The van der Waals surface area contributed by atoms with Crippen molar-refractivity contribution in [2.45, 2.75) is 25.8 Å². The summed E-state index contributed by atoms with van der Waals surface area (Å²) in [5.41, 5.74) is 1.86. The highest BCUT2D eigenvalue weighted by Gasteiger charge is 2.25. The van der Waals surface area contributed by atoms with E-state index >= 15 is 0 Å². The summed E-state index contributed by atoms with van der Waals surface area (Å²) in [7, 11) is -2.91. The molecule has 2 aromatic heterocycles. The Labute approximate surface area is 111 Å². The molecule has 0 spiro atoms. The maximum Gasteiger partial charge on any atom is 0.243 e. The number of hydrogen-bond acceptors (Lipinski definition) is 5. The zero-order valence-electron chi connectivity index (χ0n) is 10.7. The number of fused-ring (bicyclic) bond motifs is 1. The van der Waals surface area contributed by atoms with Crippen molar-refractivity contribution in [1.29, 1.82) is 0 Å². The first-order valence-electron chi connectivity index (χ1n) is 6.32. The van der Waals surface area contributed by atoms with Gasteiger partial charge in [0.15, 0.2) is 15.5 Å². The van der Waals surface area contributed by atoms with Crippen LogP contribution in [-0.2, 0) is 9.84 Å². The van der Waals surface area contributed by atoms with Gasteiger partial charge in [-0.05, 0) is 31.4 Å². The zero-order valence-corrected chi connectivity index (χ0v) is 11.5. The fourth-order valence-corrected chi connectivity index (χ4v) is 4.00. The molecule has 1 atom stereocenters. The molecule has 0 amide bonds. The third kappa shape index (κ3) is 2.70. The molecule has 0 aliphatic carbocycles. The molecule has 1 saturated heterocycles. The van der Waals surface area contributed by atoms with Crippen LogP contribution in [0.5, 0.6) is 0 Å². The number of hydrogen-bond donors (Lipinski definition) is 1. The van der Waals surface area contributed by atoms with Gasteiger partial charge in [0.25, 0.3) is 0 Å². The third-order valence-electron chi connectivity index (χ3n) is 3.28. The highest BCUT2D eigenvalue weighted by molar-refractivity contribution is 7.91. The first-order valence-corrected chi connectivity index (χ1v) is 8.14. The molecule has 3 heterocycles. The smallest absolute Gasteiger partial charge is 0.243 e. The molecule has 7 heteroatoms. The molecular weight excluding hydrogens is 264 g/mol. The topological polar surface area (TPSA) is 76.4 Å². The van der Waals surface area contributed by atoms with E-state index in [9.17, 15) is 8.42 Å². The van der Waals surface area contributed by atoms with Crippen molar-refractivity contribution < 1.29 is 8.42 Å². The average molecular weight is 280 g/mol. The number of aryl methyl sites for hydroxylation is 1. The second kappa shape index (κ2) is 4.48. The lowest BCUT2D eigenvalue weighted by atomic mass is 10.2. The molecule has 1 aliphatic rings. The Balaban J connectivity index is 1.81. The Morgan fingerprint density at radius 1 is 1.42 bits per heavy atom. The summed E-state index contributed by atoms with van der Waals surface area (Å²) in [5, 5.41) is 7.44. The largest absolute Gasteiger partial charge is 0.349 e. The van der Waals surface area contributed by atoms with E-state index in [1.54, 1.807) is 4.52 Å². The van der Waals surface area contributed by atoms with E-state index < -0.39 is 9.84 Å². The van der Waals surface area contributed by atoms with Gasteiger partial charge in [0, 0.05) is 12.2 Å². The van der Waals surface area contributed by atoms with Gasteiger partial charge in [-0.2, -0.15) is 4.98 Å². The molecule has 2 aromatic rings. The summed E-state index contributed by atoms with van der Waals surface area (Å²) in [5.74, 6) is 0.956. The summed E-state index contributed by atoms with van der Waals surface area (Å²) >= 11 is 0. The van der Waals surface area contributed by atoms with Crippen LogP contribution >= 0.6 is 0 Å². The Kier molecular flexibility index (Phi) is 2.93.